The number of ketones is 1. The van der Waals surface area contributed by atoms with Gasteiger partial charge >= 0.3 is 0 Å². The molecule has 2 heterocycles. The highest BCUT2D eigenvalue weighted by Gasteiger charge is 2.27. The van der Waals surface area contributed by atoms with Crippen LogP contribution < -0.4 is 10.2 Å². The van der Waals surface area contributed by atoms with E-state index in [1.165, 1.54) is 25.0 Å². The van der Waals surface area contributed by atoms with Crippen LogP contribution in [0.1, 0.15) is 41.2 Å². The van der Waals surface area contributed by atoms with E-state index in [1.54, 1.807) is 0 Å². The van der Waals surface area contributed by atoms with Crippen molar-refractivity contribution in [3.05, 3.63) is 53.3 Å². The highest BCUT2D eigenvalue weighted by Crippen LogP contribution is 2.36. The van der Waals surface area contributed by atoms with E-state index in [-0.39, 0.29) is 24.0 Å². The Morgan fingerprint density at radius 1 is 1.12 bits per heavy atom. The lowest BCUT2D eigenvalue weighted by atomic mass is 9.92. The number of aromatic hydroxyl groups is 1. The third-order valence-corrected chi connectivity index (χ3v) is 4.80. The number of anilines is 2. The molecule has 1 fully saturated rings. The van der Waals surface area contributed by atoms with Gasteiger partial charge in [-0.1, -0.05) is 0 Å². The van der Waals surface area contributed by atoms with Gasteiger partial charge in [0.25, 0.3) is 0 Å². The average Bonchev–Trinajstić information content (AvgIpc) is 3.08. The second kappa shape index (κ2) is 5.82. The van der Waals surface area contributed by atoms with Crippen LogP contribution in [0.5, 0.6) is 5.75 Å². The van der Waals surface area contributed by atoms with Crippen LogP contribution in [0.2, 0.25) is 0 Å². The van der Waals surface area contributed by atoms with Crippen molar-refractivity contribution in [2.45, 2.75) is 25.3 Å². The summed E-state index contributed by atoms with van der Waals surface area (Å²) in [6.07, 6.45) is 2.63. The summed E-state index contributed by atoms with van der Waals surface area (Å²) in [5.41, 5.74) is 3.12. The highest BCUT2D eigenvalue weighted by atomic mass is 19.1. The molecule has 0 bridgehead atoms. The van der Waals surface area contributed by atoms with Crippen LogP contribution in [0.25, 0.3) is 0 Å². The number of hydrogen-bond donors (Lipinski definition) is 2. The summed E-state index contributed by atoms with van der Waals surface area (Å²) in [6.45, 7) is 2.07. The fraction of sp³-hybridized carbons (Fsp3) is 0.316. The predicted octanol–water partition coefficient (Wildman–Crippen LogP) is 3.87. The highest BCUT2D eigenvalue weighted by molar-refractivity contribution is 6.04. The van der Waals surface area contributed by atoms with Crippen molar-refractivity contribution >= 4 is 17.2 Å². The molecule has 2 aliphatic rings. The molecule has 0 spiro atoms. The van der Waals surface area contributed by atoms with Crippen LogP contribution in [0.15, 0.2) is 36.4 Å². The first-order chi connectivity index (χ1) is 11.6. The Bertz CT molecular complexity index is 780. The number of fused-ring (bicyclic) bond motifs is 1. The molecule has 2 N–H and O–H groups in total. The second-order valence-corrected chi connectivity index (χ2v) is 6.49. The molecule has 24 heavy (non-hydrogen) atoms. The van der Waals surface area contributed by atoms with Gasteiger partial charge in [-0.2, -0.15) is 0 Å². The SMILES string of the molecule is O=C1CC(c2cc(O)cc(F)c2)Nc2ccc(N3CCCC3)cc21. The van der Waals surface area contributed by atoms with Crippen molar-refractivity contribution in [3.8, 4) is 5.75 Å². The number of carbonyl (C=O) groups excluding carboxylic acids is 1. The standard InChI is InChI=1S/C19H19FN2O2/c20-13-7-12(8-15(23)9-13)18-11-19(24)16-10-14(3-4-17(16)21-18)22-5-1-2-6-22/h3-4,7-10,18,21,23H,1-2,5-6,11H2. The summed E-state index contributed by atoms with van der Waals surface area (Å²) >= 11 is 0. The molecule has 4 rings (SSSR count). The molecule has 0 radical (unpaired) electrons. The van der Waals surface area contributed by atoms with Crippen molar-refractivity contribution in [2.24, 2.45) is 0 Å². The van der Waals surface area contributed by atoms with E-state index in [4.69, 9.17) is 0 Å². The van der Waals surface area contributed by atoms with Gasteiger partial charge in [-0.3, -0.25) is 4.79 Å². The molecule has 1 unspecified atom stereocenters. The summed E-state index contributed by atoms with van der Waals surface area (Å²) in [5.74, 6) is -0.595. The van der Waals surface area contributed by atoms with Crippen molar-refractivity contribution in [3.63, 3.8) is 0 Å². The molecule has 5 heteroatoms. The van der Waals surface area contributed by atoms with E-state index >= 15 is 0 Å². The lowest BCUT2D eigenvalue weighted by molar-refractivity contribution is 0.0972. The van der Waals surface area contributed by atoms with Gasteiger partial charge in [-0.15, -0.1) is 0 Å². The van der Waals surface area contributed by atoms with Crippen LogP contribution in [0, 0.1) is 5.82 Å². The van der Waals surface area contributed by atoms with E-state index < -0.39 is 5.82 Å². The summed E-state index contributed by atoms with van der Waals surface area (Å²) in [6, 6.07) is 9.48. The van der Waals surface area contributed by atoms with Crippen molar-refractivity contribution in [1.29, 1.82) is 0 Å². The number of Topliss-reactive ketones (excluding diaryl/α,β-unsaturated/α-hetero) is 1. The van der Waals surface area contributed by atoms with E-state index in [2.05, 4.69) is 10.2 Å². The van der Waals surface area contributed by atoms with Gasteiger partial charge in [-0.25, -0.2) is 4.39 Å². The minimum atomic E-state index is -0.505. The molecule has 0 aliphatic carbocycles. The molecule has 2 aliphatic heterocycles. The first kappa shape index (κ1) is 15.0. The van der Waals surface area contributed by atoms with Crippen LogP contribution in [0.4, 0.5) is 15.8 Å². The van der Waals surface area contributed by atoms with E-state index in [0.717, 1.165) is 30.5 Å². The van der Waals surface area contributed by atoms with Crippen LogP contribution in [0.3, 0.4) is 0 Å². The molecular formula is C19H19FN2O2. The topological polar surface area (TPSA) is 52.6 Å². The fourth-order valence-electron chi connectivity index (χ4n) is 3.59. The smallest absolute Gasteiger partial charge is 0.167 e. The van der Waals surface area contributed by atoms with Gasteiger partial charge in [0.15, 0.2) is 5.78 Å². The zero-order valence-corrected chi connectivity index (χ0v) is 13.3. The molecule has 4 nitrogen and oxygen atoms in total. The lowest BCUT2D eigenvalue weighted by Gasteiger charge is -2.28. The molecule has 124 valence electrons. The third-order valence-electron chi connectivity index (χ3n) is 4.80. The molecule has 0 aromatic heterocycles. The number of halogens is 1. The number of hydrogen-bond acceptors (Lipinski definition) is 4. The van der Waals surface area contributed by atoms with Crippen LogP contribution >= 0.6 is 0 Å². The molecule has 2 aromatic carbocycles. The van der Waals surface area contributed by atoms with E-state index in [0.29, 0.717) is 11.1 Å². The van der Waals surface area contributed by atoms with Crippen molar-refractivity contribution in [1.82, 2.24) is 0 Å². The Hall–Kier alpha value is -2.56. The molecule has 1 atom stereocenters. The lowest BCUT2D eigenvalue weighted by Crippen LogP contribution is -2.24. The Balaban J connectivity index is 1.64. The van der Waals surface area contributed by atoms with Gasteiger partial charge in [0.2, 0.25) is 0 Å². The largest absolute Gasteiger partial charge is 0.508 e. The van der Waals surface area contributed by atoms with Crippen LogP contribution in [-0.2, 0) is 0 Å². The summed E-state index contributed by atoms with van der Waals surface area (Å²) < 4.78 is 13.5. The van der Waals surface area contributed by atoms with E-state index in [1.807, 2.05) is 18.2 Å². The third kappa shape index (κ3) is 2.70. The summed E-state index contributed by atoms with van der Waals surface area (Å²) in [4.78, 5) is 14.9. The minimum absolute atomic E-state index is 0.0403. The Kier molecular flexibility index (Phi) is 3.63. The monoisotopic (exact) mass is 326 g/mol. The zero-order valence-electron chi connectivity index (χ0n) is 13.3. The number of rotatable bonds is 2. The zero-order chi connectivity index (χ0) is 16.7. The average molecular weight is 326 g/mol. The quantitative estimate of drug-likeness (QED) is 0.879. The second-order valence-electron chi connectivity index (χ2n) is 6.49. The predicted molar refractivity (Wildman–Crippen MR) is 91.3 cm³/mol. The maximum Gasteiger partial charge on any atom is 0.167 e. The number of nitrogens with one attached hydrogen (secondary N) is 1. The first-order valence-corrected chi connectivity index (χ1v) is 8.28. The van der Waals surface area contributed by atoms with Crippen molar-refractivity contribution < 1.29 is 14.3 Å². The Labute approximate surface area is 139 Å². The molecule has 1 saturated heterocycles. The minimum Gasteiger partial charge on any atom is -0.508 e. The Morgan fingerprint density at radius 3 is 2.67 bits per heavy atom. The normalized spacial score (nSPS) is 20.0. The van der Waals surface area contributed by atoms with Crippen LogP contribution in [-0.4, -0.2) is 24.0 Å². The van der Waals surface area contributed by atoms with E-state index in [9.17, 15) is 14.3 Å². The molecule has 2 aromatic rings. The van der Waals surface area contributed by atoms with Gasteiger partial charge in [-0.05, 0) is 48.7 Å². The number of nitrogens with zero attached hydrogens (tertiary/aromatic N) is 1. The number of phenols is 1. The van der Waals surface area contributed by atoms with Gasteiger partial charge < -0.3 is 15.3 Å². The fourth-order valence-corrected chi connectivity index (χ4v) is 3.59. The molecule has 0 saturated carbocycles. The maximum atomic E-state index is 13.5. The van der Waals surface area contributed by atoms with Gasteiger partial charge in [0, 0.05) is 42.5 Å². The Morgan fingerprint density at radius 2 is 1.92 bits per heavy atom. The maximum absolute atomic E-state index is 13.5. The summed E-state index contributed by atoms with van der Waals surface area (Å²) in [5, 5.41) is 12.9. The number of phenolic OH excluding ortho intramolecular Hbond substituents is 1. The number of benzene rings is 2. The summed E-state index contributed by atoms with van der Waals surface area (Å²) in [7, 11) is 0. The molecule has 0 amide bonds. The van der Waals surface area contributed by atoms with Crippen molar-refractivity contribution in [2.75, 3.05) is 23.3 Å². The molecular weight excluding hydrogens is 307 g/mol. The van der Waals surface area contributed by atoms with Gasteiger partial charge in [0.05, 0.1) is 6.04 Å². The number of carbonyl (C=O) groups is 1. The first-order valence-electron chi connectivity index (χ1n) is 8.28. The van der Waals surface area contributed by atoms with Gasteiger partial charge in [0.1, 0.15) is 11.6 Å².